The fourth-order valence-corrected chi connectivity index (χ4v) is 2.95. The lowest BCUT2D eigenvalue weighted by molar-refractivity contribution is -0.129. The maximum absolute atomic E-state index is 12.6. The number of nitrogens with one attached hydrogen (secondary N) is 1. The smallest absolute Gasteiger partial charge is 0.476 e. The molecular formula is C16H31N2O6P. The van der Waals surface area contributed by atoms with Crippen molar-refractivity contribution in [3.05, 3.63) is 11.3 Å². The molecule has 0 spiro atoms. The molecule has 0 unspecified atom stereocenters. The molecular weight excluding hydrogens is 347 g/mol. The lowest BCUT2D eigenvalue weighted by Gasteiger charge is -2.21. The van der Waals surface area contributed by atoms with Gasteiger partial charge in [0.1, 0.15) is 12.4 Å². The number of carboxylic acids is 1. The van der Waals surface area contributed by atoms with Crippen molar-refractivity contribution in [2.24, 2.45) is 16.8 Å². The molecule has 0 radical (unpaired) electrons. The van der Waals surface area contributed by atoms with E-state index in [-0.39, 0.29) is 37.5 Å². The Bertz CT molecular complexity index is 527. The lowest BCUT2D eigenvalue weighted by Crippen LogP contribution is -2.22. The Labute approximate surface area is 150 Å². The molecule has 146 valence electrons. The fraction of sp³-hybridized carbons (Fsp3) is 0.750. The van der Waals surface area contributed by atoms with Crippen LogP contribution in [0.25, 0.3) is 0 Å². The second kappa shape index (κ2) is 11.4. The number of hydrogen-bond donors (Lipinski definition) is 2. The molecule has 0 atom stereocenters. The molecule has 2 N–H and O–H groups in total. The number of aliphatic imine (C=N–C) groups is 1. The molecule has 0 aromatic rings. The highest BCUT2D eigenvalue weighted by molar-refractivity contribution is 7.48. The van der Waals surface area contributed by atoms with Crippen molar-refractivity contribution in [3.63, 3.8) is 0 Å². The van der Waals surface area contributed by atoms with E-state index in [9.17, 15) is 9.36 Å². The van der Waals surface area contributed by atoms with Gasteiger partial charge in [0, 0.05) is 18.3 Å². The van der Waals surface area contributed by atoms with Crippen molar-refractivity contribution >= 4 is 19.5 Å². The number of aliphatic carboxylic acids is 1. The van der Waals surface area contributed by atoms with E-state index in [4.69, 9.17) is 18.7 Å². The third-order valence-electron chi connectivity index (χ3n) is 3.04. The summed E-state index contributed by atoms with van der Waals surface area (Å²) in [4.78, 5) is 14.8. The van der Waals surface area contributed by atoms with Gasteiger partial charge < -0.3 is 10.4 Å². The molecule has 0 aromatic heterocycles. The molecule has 9 heteroatoms. The standard InChI is InChI=1S/C16H31N2O6P/c1-11(2)8-22-25(21,23-9-12(3)4)24-10-18-14(6)13(5)15(17-7)16(19)20/h11-12,18H,8-10H2,1-7H3,(H,19,20)/b14-13-,17-15?. The summed E-state index contributed by atoms with van der Waals surface area (Å²) in [6.45, 7) is 11.4. The van der Waals surface area contributed by atoms with Gasteiger partial charge in [-0.25, -0.2) is 9.36 Å². The van der Waals surface area contributed by atoms with Crippen LogP contribution in [0.3, 0.4) is 0 Å². The Kier molecular flexibility index (Phi) is 10.9. The predicted octanol–water partition coefficient (Wildman–Crippen LogP) is 3.45. The first-order valence-corrected chi connectivity index (χ1v) is 9.63. The molecule has 0 aliphatic heterocycles. The monoisotopic (exact) mass is 378 g/mol. The van der Waals surface area contributed by atoms with Crippen LogP contribution in [0.15, 0.2) is 16.3 Å². The Hall–Kier alpha value is -1.21. The molecule has 0 amide bonds. The number of hydrogen-bond acceptors (Lipinski definition) is 7. The quantitative estimate of drug-likeness (QED) is 0.304. The number of phosphoric ester groups is 1. The highest BCUT2D eigenvalue weighted by atomic mass is 31.2. The first kappa shape index (κ1) is 23.8. The third-order valence-corrected chi connectivity index (χ3v) is 4.41. The van der Waals surface area contributed by atoms with Crippen molar-refractivity contribution < 1.29 is 28.0 Å². The number of phosphoric acid groups is 1. The van der Waals surface area contributed by atoms with Crippen LogP contribution >= 0.6 is 7.82 Å². The van der Waals surface area contributed by atoms with Crippen molar-refractivity contribution in [3.8, 4) is 0 Å². The van der Waals surface area contributed by atoms with Gasteiger partial charge in [0.15, 0.2) is 0 Å². The Morgan fingerprint density at radius 3 is 1.92 bits per heavy atom. The van der Waals surface area contributed by atoms with Crippen LogP contribution in [0, 0.1) is 11.8 Å². The zero-order chi connectivity index (χ0) is 19.6. The second-order valence-corrected chi connectivity index (χ2v) is 8.07. The van der Waals surface area contributed by atoms with Crippen LogP contribution in [0.2, 0.25) is 0 Å². The third kappa shape index (κ3) is 9.75. The predicted molar refractivity (Wildman–Crippen MR) is 97.6 cm³/mol. The van der Waals surface area contributed by atoms with Gasteiger partial charge in [0.05, 0.1) is 13.2 Å². The van der Waals surface area contributed by atoms with E-state index >= 15 is 0 Å². The second-order valence-electron chi connectivity index (χ2n) is 6.40. The summed E-state index contributed by atoms with van der Waals surface area (Å²) < 4.78 is 28.6. The Morgan fingerprint density at radius 2 is 1.56 bits per heavy atom. The maximum Gasteiger partial charge on any atom is 0.476 e. The molecule has 8 nitrogen and oxygen atoms in total. The SMILES string of the molecule is CN=C(C(=O)O)/C(C)=C(/C)NCOP(=O)(OCC(C)C)OCC(C)C. The van der Waals surface area contributed by atoms with Crippen LogP contribution < -0.4 is 5.32 Å². The van der Waals surface area contributed by atoms with E-state index in [1.165, 1.54) is 7.05 Å². The number of carbonyl (C=O) groups is 1. The first-order valence-electron chi connectivity index (χ1n) is 8.17. The van der Waals surface area contributed by atoms with Crippen molar-refractivity contribution in [2.45, 2.75) is 41.5 Å². The summed E-state index contributed by atoms with van der Waals surface area (Å²) in [7, 11) is -2.29. The zero-order valence-corrected chi connectivity index (χ0v) is 17.1. The number of carboxylic acid groups (broad SMARTS) is 1. The molecule has 0 aliphatic carbocycles. The maximum atomic E-state index is 12.6. The van der Waals surface area contributed by atoms with E-state index in [0.717, 1.165) is 0 Å². The highest BCUT2D eigenvalue weighted by Gasteiger charge is 2.27. The molecule has 0 bridgehead atoms. The van der Waals surface area contributed by atoms with Gasteiger partial charge in [-0.3, -0.25) is 18.6 Å². The summed E-state index contributed by atoms with van der Waals surface area (Å²) in [5.74, 6) is -0.765. The minimum absolute atomic E-state index is 0.0553. The minimum Gasteiger partial charge on any atom is -0.477 e. The minimum atomic E-state index is -3.69. The normalized spacial score (nSPS) is 14.0. The summed E-state index contributed by atoms with van der Waals surface area (Å²) >= 11 is 0. The van der Waals surface area contributed by atoms with Crippen molar-refractivity contribution in [1.29, 1.82) is 0 Å². The Morgan fingerprint density at radius 1 is 1.08 bits per heavy atom. The van der Waals surface area contributed by atoms with E-state index in [2.05, 4.69) is 10.3 Å². The lowest BCUT2D eigenvalue weighted by atomic mass is 10.1. The summed E-state index contributed by atoms with van der Waals surface area (Å²) in [6.07, 6.45) is 0. The largest absolute Gasteiger partial charge is 0.477 e. The molecule has 0 aliphatic rings. The first-order chi connectivity index (χ1) is 11.5. The van der Waals surface area contributed by atoms with Crippen LogP contribution in [0.4, 0.5) is 0 Å². The molecule has 25 heavy (non-hydrogen) atoms. The van der Waals surface area contributed by atoms with Gasteiger partial charge >= 0.3 is 13.8 Å². The summed E-state index contributed by atoms with van der Waals surface area (Å²) in [5.41, 5.74) is 0.946. The number of allylic oxidation sites excluding steroid dienone is 1. The molecule has 0 rings (SSSR count). The van der Waals surface area contributed by atoms with Gasteiger partial charge in [-0.1, -0.05) is 27.7 Å². The average Bonchev–Trinajstić information content (AvgIpc) is 2.51. The number of rotatable bonds is 12. The topological polar surface area (TPSA) is 106 Å². The van der Waals surface area contributed by atoms with Gasteiger partial charge in [0.25, 0.3) is 0 Å². The molecule has 0 heterocycles. The van der Waals surface area contributed by atoms with Crippen molar-refractivity contribution in [2.75, 3.05) is 27.0 Å². The molecule has 0 saturated carbocycles. The molecule has 0 fully saturated rings. The average molecular weight is 378 g/mol. The van der Waals surface area contributed by atoms with Gasteiger partial charge in [-0.05, 0) is 25.7 Å². The van der Waals surface area contributed by atoms with E-state index < -0.39 is 13.8 Å². The highest BCUT2D eigenvalue weighted by Crippen LogP contribution is 2.49. The summed E-state index contributed by atoms with van der Waals surface area (Å²) in [5, 5.41) is 11.9. The van der Waals surface area contributed by atoms with Crippen LogP contribution in [0.5, 0.6) is 0 Å². The van der Waals surface area contributed by atoms with E-state index in [1.807, 2.05) is 27.7 Å². The van der Waals surface area contributed by atoms with Crippen LogP contribution in [-0.4, -0.2) is 43.8 Å². The zero-order valence-electron chi connectivity index (χ0n) is 16.2. The van der Waals surface area contributed by atoms with Gasteiger partial charge in [0.2, 0.25) is 0 Å². The van der Waals surface area contributed by atoms with Gasteiger partial charge in [-0.15, -0.1) is 0 Å². The van der Waals surface area contributed by atoms with E-state index in [1.54, 1.807) is 13.8 Å². The van der Waals surface area contributed by atoms with Gasteiger partial charge in [-0.2, -0.15) is 0 Å². The van der Waals surface area contributed by atoms with E-state index in [0.29, 0.717) is 11.3 Å². The summed E-state index contributed by atoms with van der Waals surface area (Å²) in [6, 6.07) is 0. The van der Waals surface area contributed by atoms with Crippen molar-refractivity contribution in [1.82, 2.24) is 5.32 Å². The molecule has 0 aromatic carbocycles. The fourth-order valence-electron chi connectivity index (χ4n) is 1.55. The Balaban J connectivity index is 4.88. The number of nitrogens with zero attached hydrogens (tertiary/aromatic N) is 1. The van der Waals surface area contributed by atoms with Crippen LogP contribution in [0.1, 0.15) is 41.5 Å². The molecule has 0 saturated heterocycles. The van der Waals surface area contributed by atoms with Crippen LogP contribution in [-0.2, 0) is 22.9 Å².